The van der Waals surface area contributed by atoms with Crippen LogP contribution in [0.1, 0.15) is 25.7 Å². The third kappa shape index (κ3) is 5.99. The fraction of sp³-hybridized carbons (Fsp3) is 0.667. The van der Waals surface area contributed by atoms with Gasteiger partial charge in [0.05, 0.1) is 0 Å². The molecule has 2 rings (SSSR count). The molecule has 2 unspecified atom stereocenters. The third-order valence-corrected chi connectivity index (χ3v) is 2.04. The van der Waals surface area contributed by atoms with E-state index in [2.05, 4.69) is 11.2 Å². The summed E-state index contributed by atoms with van der Waals surface area (Å²) in [5.41, 5.74) is 0. The smallest absolute Gasteiger partial charge is 0.479 e. The van der Waals surface area contributed by atoms with Crippen LogP contribution in [0.25, 0.3) is 0 Å². The topological polar surface area (TPSA) is 87.1 Å². The van der Waals surface area contributed by atoms with E-state index in [1.807, 2.05) is 0 Å². The largest absolute Gasteiger partial charge is 1.00 e. The molecule has 6 heteroatoms. The van der Waals surface area contributed by atoms with Gasteiger partial charge in [0.15, 0.2) is 12.2 Å². The van der Waals surface area contributed by atoms with Crippen molar-refractivity contribution in [2.45, 2.75) is 37.9 Å². The maximum Gasteiger partial charge on any atom is 1.00 e. The average Bonchev–Trinajstić information content (AvgIpc) is 2.72. The third-order valence-electron chi connectivity index (χ3n) is 2.04. The summed E-state index contributed by atoms with van der Waals surface area (Å²) in [6.07, 6.45) is 5.75. The Kier molecular flexibility index (Phi) is 8.03. The molecule has 1 heterocycles. The van der Waals surface area contributed by atoms with E-state index in [0.717, 1.165) is 0 Å². The van der Waals surface area contributed by atoms with E-state index in [-0.39, 0.29) is 51.4 Å². The van der Waals surface area contributed by atoms with Gasteiger partial charge >= 0.3 is 63.3 Å². The van der Waals surface area contributed by atoms with Crippen molar-refractivity contribution in [2.75, 3.05) is 0 Å². The Labute approximate surface area is 131 Å². The molecule has 1 aliphatic heterocycles. The van der Waals surface area contributed by atoms with Crippen LogP contribution in [0.4, 0.5) is 0 Å². The van der Waals surface area contributed by atoms with E-state index in [1.54, 1.807) is 0 Å². The van der Waals surface area contributed by atoms with Crippen molar-refractivity contribution in [3.05, 3.63) is 6.42 Å². The van der Waals surface area contributed by atoms with Gasteiger partial charge in [-0.3, -0.25) is 0 Å². The summed E-state index contributed by atoms with van der Waals surface area (Å²) in [6.45, 7) is 0. The summed E-state index contributed by atoms with van der Waals surface area (Å²) in [5.74, 6) is -2.44. The number of ether oxygens (including phenoxy) is 1. The first-order chi connectivity index (χ1) is 6.63. The minimum absolute atomic E-state index is 0. The molecule has 0 radical (unpaired) electrons. The molecule has 2 N–H and O–H groups in total. The van der Waals surface area contributed by atoms with Crippen molar-refractivity contribution >= 4 is 11.9 Å². The number of carboxylic acid groups (broad SMARTS) is 2. The molecule has 1 aliphatic carbocycles. The van der Waals surface area contributed by atoms with Gasteiger partial charge < -0.3 is 21.4 Å². The van der Waals surface area contributed by atoms with Crippen LogP contribution in [0.2, 0.25) is 0 Å². The molecule has 0 amide bonds. The molecule has 1 saturated heterocycles. The van der Waals surface area contributed by atoms with Crippen molar-refractivity contribution in [3.63, 3.8) is 0 Å². The summed E-state index contributed by atoms with van der Waals surface area (Å²) in [7, 11) is 0. The van der Waals surface area contributed by atoms with Crippen LogP contribution >= 0.6 is 0 Å². The van der Waals surface area contributed by atoms with Crippen LogP contribution in [0.3, 0.4) is 0 Å². The fourth-order valence-corrected chi connectivity index (χ4v) is 1.21. The number of aliphatic carboxylic acids is 2. The van der Waals surface area contributed by atoms with Gasteiger partial charge in [-0.2, -0.15) is 12.8 Å². The van der Waals surface area contributed by atoms with Crippen LogP contribution in [-0.4, -0.2) is 34.4 Å². The number of rotatable bonds is 2. The second kappa shape index (κ2) is 7.75. The monoisotopic (exact) mass is 240 g/mol. The maximum absolute atomic E-state index is 9.89. The average molecular weight is 240 g/mol. The SMILES string of the molecule is O=C(O)C1OC1C(=O)O.[CH-]1CCCC1.[K+]. The Hall–Kier alpha value is 0.536. The van der Waals surface area contributed by atoms with Gasteiger partial charge in [-0.05, 0) is 0 Å². The molecule has 0 aromatic carbocycles. The first kappa shape index (κ1) is 15.5. The summed E-state index contributed by atoms with van der Waals surface area (Å²) in [5, 5.41) is 16.2. The Morgan fingerprint density at radius 1 is 1.07 bits per heavy atom. The van der Waals surface area contributed by atoms with Gasteiger partial charge in [0.1, 0.15) is 0 Å². The molecule has 2 aliphatic rings. The first-order valence-electron chi connectivity index (χ1n) is 4.55. The Bertz CT molecular complexity index is 201. The maximum atomic E-state index is 9.89. The van der Waals surface area contributed by atoms with Crippen LogP contribution in [0.5, 0.6) is 0 Å². The standard InChI is InChI=1S/C5H9.C4H4O5.K/c1-2-4-5-3-1;5-3(6)1-2(9-1)4(7)8;/h1H,2-5H2;1-2H,(H,5,6)(H,7,8);/q-1;;+1. The van der Waals surface area contributed by atoms with E-state index in [9.17, 15) is 9.59 Å². The Balaban J connectivity index is 0.000000280. The zero-order chi connectivity index (χ0) is 10.6. The van der Waals surface area contributed by atoms with Crippen LogP contribution in [0, 0.1) is 6.42 Å². The predicted molar refractivity (Wildman–Crippen MR) is 46.7 cm³/mol. The second-order valence-electron chi connectivity index (χ2n) is 3.23. The number of hydrogen-bond donors (Lipinski definition) is 2. The summed E-state index contributed by atoms with van der Waals surface area (Å²) in [4.78, 5) is 19.8. The number of carboxylic acids is 2. The zero-order valence-corrected chi connectivity index (χ0v) is 11.8. The number of hydrogen-bond acceptors (Lipinski definition) is 3. The molecule has 0 spiro atoms. The minimum atomic E-state index is -1.22. The van der Waals surface area contributed by atoms with Crippen LogP contribution in [0.15, 0.2) is 0 Å². The van der Waals surface area contributed by atoms with Crippen LogP contribution < -0.4 is 51.4 Å². The van der Waals surface area contributed by atoms with Gasteiger partial charge in [-0.25, -0.2) is 9.59 Å². The molecular formula is C9H13KO5. The molecule has 1 saturated carbocycles. The van der Waals surface area contributed by atoms with E-state index in [0.29, 0.717) is 0 Å². The van der Waals surface area contributed by atoms with Crippen molar-refractivity contribution in [1.82, 2.24) is 0 Å². The van der Waals surface area contributed by atoms with Gasteiger partial charge in [0, 0.05) is 0 Å². The normalized spacial score (nSPS) is 26.9. The quantitative estimate of drug-likeness (QED) is 0.322. The van der Waals surface area contributed by atoms with Crippen molar-refractivity contribution in [3.8, 4) is 0 Å². The molecule has 2 fully saturated rings. The Morgan fingerprint density at radius 2 is 1.47 bits per heavy atom. The van der Waals surface area contributed by atoms with E-state index in [4.69, 9.17) is 10.2 Å². The predicted octanol–water partition coefficient (Wildman–Crippen LogP) is -2.31. The van der Waals surface area contributed by atoms with Crippen LogP contribution in [-0.2, 0) is 14.3 Å². The first-order valence-corrected chi connectivity index (χ1v) is 4.55. The molecule has 80 valence electrons. The minimum Gasteiger partial charge on any atom is -0.479 e. The van der Waals surface area contributed by atoms with Crippen molar-refractivity contribution in [2.24, 2.45) is 0 Å². The summed E-state index contributed by atoms with van der Waals surface area (Å²) < 4.78 is 4.24. The molecule has 0 aromatic heterocycles. The number of epoxide rings is 1. The van der Waals surface area contributed by atoms with Gasteiger partial charge in [-0.1, -0.05) is 12.8 Å². The van der Waals surface area contributed by atoms with E-state index < -0.39 is 24.1 Å². The molecular weight excluding hydrogens is 227 g/mol. The molecule has 5 nitrogen and oxygen atoms in total. The fourth-order valence-electron chi connectivity index (χ4n) is 1.21. The van der Waals surface area contributed by atoms with E-state index >= 15 is 0 Å². The molecule has 15 heavy (non-hydrogen) atoms. The zero-order valence-electron chi connectivity index (χ0n) is 8.68. The van der Waals surface area contributed by atoms with Crippen molar-refractivity contribution in [1.29, 1.82) is 0 Å². The molecule has 2 atom stereocenters. The van der Waals surface area contributed by atoms with Gasteiger partial charge in [0.2, 0.25) is 0 Å². The Morgan fingerprint density at radius 3 is 1.60 bits per heavy atom. The van der Waals surface area contributed by atoms with Crippen molar-refractivity contribution < 1.29 is 75.9 Å². The second-order valence-corrected chi connectivity index (χ2v) is 3.23. The van der Waals surface area contributed by atoms with Gasteiger partial charge in [-0.15, -0.1) is 0 Å². The van der Waals surface area contributed by atoms with E-state index in [1.165, 1.54) is 25.7 Å². The number of carbonyl (C=O) groups is 2. The van der Waals surface area contributed by atoms with Gasteiger partial charge in [0.25, 0.3) is 0 Å². The summed E-state index contributed by atoms with van der Waals surface area (Å²) in [6, 6.07) is 0. The molecule has 0 aromatic rings. The summed E-state index contributed by atoms with van der Waals surface area (Å²) >= 11 is 0. The molecule has 0 bridgehead atoms.